The number of esters is 2. The second-order valence-corrected chi connectivity index (χ2v) is 18.9. The molecule has 13 heteroatoms. The number of carbonyl (C=O) groups excluding carboxylic acids is 2. The molecule has 1 N–H and O–H groups in total. The molecule has 59 heavy (non-hydrogen) atoms. The number of quaternary nitrogens is 1. The van der Waals surface area contributed by atoms with Crippen molar-refractivity contribution >= 4 is 19.8 Å². The van der Waals surface area contributed by atoms with E-state index in [0.29, 0.717) is 36.7 Å². The van der Waals surface area contributed by atoms with Gasteiger partial charge in [0.2, 0.25) is 0 Å². The van der Waals surface area contributed by atoms with Gasteiger partial charge in [-0.2, -0.15) is 0 Å². The van der Waals surface area contributed by atoms with Gasteiger partial charge >= 0.3 is 11.9 Å². The normalized spacial score (nSPS) is 21.5. The summed E-state index contributed by atoms with van der Waals surface area (Å²) < 4.78 is 34.0. The Kier molecular flexibility index (Phi) is 28.8. The van der Waals surface area contributed by atoms with E-state index in [1.165, 1.54) is 70.6 Å². The van der Waals surface area contributed by atoms with Gasteiger partial charge in [0, 0.05) is 31.1 Å². The molecule has 1 aliphatic heterocycles. The quantitative estimate of drug-likeness (QED) is 0.0159. The fraction of sp³-hybridized carbons (Fsp3) is 0.826. The number of carbonyl (C=O) groups is 2. The summed E-state index contributed by atoms with van der Waals surface area (Å²) in [6, 6.07) is 0. The molecule has 2 rings (SSSR count). The van der Waals surface area contributed by atoms with Gasteiger partial charge in [-0.15, -0.1) is 0 Å². The Hall–Kier alpha value is -1.89. The van der Waals surface area contributed by atoms with Crippen molar-refractivity contribution in [3.05, 3.63) is 36.5 Å². The Morgan fingerprint density at radius 1 is 0.780 bits per heavy atom. The predicted octanol–water partition coefficient (Wildman–Crippen LogP) is 9.64. The molecule has 7 atom stereocenters. The summed E-state index contributed by atoms with van der Waals surface area (Å²) in [5.41, 5.74) is 0. The molecular weight excluding hydrogens is 773 g/mol. The van der Waals surface area contributed by atoms with Gasteiger partial charge in [-0.25, -0.2) is 9.78 Å². The van der Waals surface area contributed by atoms with Crippen LogP contribution >= 0.6 is 7.82 Å². The molecule has 2 fully saturated rings. The molecular formula is C46H82NO11P. The first-order valence-corrected chi connectivity index (χ1v) is 24.5. The third-order valence-corrected chi connectivity index (χ3v) is 11.9. The van der Waals surface area contributed by atoms with Crippen molar-refractivity contribution < 1.29 is 56.9 Å². The van der Waals surface area contributed by atoms with Crippen LogP contribution in [0.15, 0.2) is 36.5 Å². The first kappa shape index (κ1) is 53.2. The molecule has 2 aliphatic rings. The van der Waals surface area contributed by atoms with E-state index < -0.39 is 38.6 Å². The zero-order valence-electron chi connectivity index (χ0n) is 37.4. The van der Waals surface area contributed by atoms with Crippen LogP contribution in [0.1, 0.15) is 162 Å². The van der Waals surface area contributed by atoms with E-state index in [9.17, 15) is 24.2 Å². The van der Waals surface area contributed by atoms with Gasteiger partial charge in [0.05, 0.1) is 40.0 Å². The molecule has 342 valence electrons. The average molecular weight is 856 g/mol. The summed E-state index contributed by atoms with van der Waals surface area (Å²) in [4.78, 5) is 48.8. The van der Waals surface area contributed by atoms with Gasteiger partial charge in [0.15, 0.2) is 6.10 Å². The molecule has 0 aromatic carbocycles. The second-order valence-electron chi connectivity index (χ2n) is 17.5. The first-order valence-electron chi connectivity index (χ1n) is 23.1. The molecule has 0 radical (unpaired) electrons. The van der Waals surface area contributed by atoms with Crippen LogP contribution in [0.2, 0.25) is 0 Å². The molecule has 1 saturated carbocycles. The van der Waals surface area contributed by atoms with Gasteiger partial charge in [0.1, 0.15) is 25.9 Å². The van der Waals surface area contributed by atoms with Crippen LogP contribution < -0.4 is 4.89 Å². The van der Waals surface area contributed by atoms with E-state index in [1.54, 1.807) is 0 Å². The van der Waals surface area contributed by atoms with Crippen LogP contribution in [0.5, 0.6) is 0 Å². The maximum atomic E-state index is 12.8. The third-order valence-electron chi connectivity index (χ3n) is 11.0. The van der Waals surface area contributed by atoms with Crippen LogP contribution in [0.3, 0.4) is 0 Å². The first-order chi connectivity index (χ1) is 28.3. The number of rotatable bonds is 37. The fourth-order valence-corrected chi connectivity index (χ4v) is 8.12. The summed E-state index contributed by atoms with van der Waals surface area (Å²) in [6.45, 7) is 3.89. The topological polar surface area (TPSA) is 150 Å². The zero-order valence-corrected chi connectivity index (χ0v) is 38.3. The SMILES string of the molecule is CC/C=C\CC(O)/C=C/C1C2CC(OO2)C1C/C=C\CCCC(=O)OC(COC(=O)CCCCCCCCCCCCCCCCC)COP(=O)([O-])OCC[N+](C)(C)C. The molecule has 1 heterocycles. The van der Waals surface area contributed by atoms with Crippen LogP contribution in [0.25, 0.3) is 0 Å². The number of fused-ring (bicyclic) bond motifs is 2. The van der Waals surface area contributed by atoms with Crippen molar-refractivity contribution in [1.29, 1.82) is 0 Å². The molecule has 1 aliphatic carbocycles. The van der Waals surface area contributed by atoms with Gasteiger partial charge in [0.25, 0.3) is 7.82 Å². The van der Waals surface area contributed by atoms with Crippen LogP contribution in [0.4, 0.5) is 0 Å². The maximum Gasteiger partial charge on any atom is 0.306 e. The number of aliphatic hydroxyl groups is 1. The number of ether oxygens (including phenoxy) is 2. The van der Waals surface area contributed by atoms with Gasteiger partial charge < -0.3 is 33.0 Å². The van der Waals surface area contributed by atoms with Crippen LogP contribution in [-0.4, -0.2) is 93.5 Å². The number of hydrogen-bond donors (Lipinski definition) is 1. The highest BCUT2D eigenvalue weighted by Crippen LogP contribution is 2.45. The minimum Gasteiger partial charge on any atom is -0.756 e. The number of hydrogen-bond acceptors (Lipinski definition) is 11. The molecule has 12 nitrogen and oxygen atoms in total. The highest BCUT2D eigenvalue weighted by molar-refractivity contribution is 7.45. The number of unbranched alkanes of at least 4 members (excludes halogenated alkanes) is 15. The predicted molar refractivity (Wildman–Crippen MR) is 231 cm³/mol. The molecule has 0 spiro atoms. The lowest BCUT2D eigenvalue weighted by Crippen LogP contribution is -2.37. The number of aliphatic hydroxyl groups excluding tert-OH is 1. The lowest BCUT2D eigenvalue weighted by atomic mass is 9.89. The summed E-state index contributed by atoms with van der Waals surface area (Å²) in [6.07, 6.45) is 33.6. The number of phosphoric ester groups is 1. The van der Waals surface area contributed by atoms with Crippen LogP contribution in [0, 0.1) is 11.8 Å². The summed E-state index contributed by atoms with van der Waals surface area (Å²) >= 11 is 0. The molecule has 0 aromatic rings. The lowest BCUT2D eigenvalue weighted by molar-refractivity contribution is -0.870. The highest BCUT2D eigenvalue weighted by atomic mass is 31.2. The second kappa shape index (κ2) is 31.9. The summed E-state index contributed by atoms with van der Waals surface area (Å²) in [5, 5.41) is 10.3. The van der Waals surface area contributed by atoms with E-state index in [-0.39, 0.29) is 50.1 Å². The Labute approximate surface area is 357 Å². The van der Waals surface area contributed by atoms with Crippen molar-refractivity contribution in [2.75, 3.05) is 47.5 Å². The number of nitrogens with zero attached hydrogens (tertiary/aromatic N) is 1. The largest absolute Gasteiger partial charge is 0.756 e. The van der Waals surface area contributed by atoms with Gasteiger partial charge in [-0.1, -0.05) is 140 Å². The van der Waals surface area contributed by atoms with E-state index in [2.05, 4.69) is 26.0 Å². The molecule has 7 unspecified atom stereocenters. The third kappa shape index (κ3) is 26.9. The van der Waals surface area contributed by atoms with Crippen molar-refractivity contribution in [2.45, 2.75) is 186 Å². The summed E-state index contributed by atoms with van der Waals surface area (Å²) in [5.74, 6) is -0.557. The fourth-order valence-electron chi connectivity index (χ4n) is 7.39. The molecule has 0 amide bonds. The zero-order chi connectivity index (χ0) is 43.2. The molecule has 2 bridgehead atoms. The molecule has 1 saturated heterocycles. The standard InChI is InChI=1S/C46H82NO11P/c1-6-8-10-11-12-13-14-15-16-17-18-19-20-21-26-30-45(49)53-37-40(38-55-59(51,52)54-35-34-47(3,4)5)56-46(50)31-27-23-22-25-29-41-42(44-36-43(41)57-58-44)33-32-39(48)28-24-9-7-2/h9,22,24-25,32-33,39-44,48H,6-8,10-21,23,26-31,34-38H2,1-5H3/b24-9-,25-22-,33-32+. The Balaban J connectivity index is 1.72. The number of phosphoric acid groups is 1. The van der Waals surface area contributed by atoms with Crippen molar-refractivity contribution in [2.24, 2.45) is 11.8 Å². The smallest absolute Gasteiger partial charge is 0.306 e. The van der Waals surface area contributed by atoms with Crippen molar-refractivity contribution in [3.8, 4) is 0 Å². The van der Waals surface area contributed by atoms with E-state index >= 15 is 0 Å². The lowest BCUT2D eigenvalue weighted by Gasteiger charge is -2.28. The minimum absolute atomic E-state index is 0.0104. The Bertz CT molecular complexity index is 1250. The summed E-state index contributed by atoms with van der Waals surface area (Å²) in [7, 11) is 1.07. The number of likely N-dealkylation sites (N-methyl/N-ethyl adjacent to an activating group) is 1. The van der Waals surface area contributed by atoms with E-state index in [0.717, 1.165) is 38.5 Å². The van der Waals surface area contributed by atoms with Crippen molar-refractivity contribution in [3.63, 3.8) is 0 Å². The Morgan fingerprint density at radius 2 is 1.39 bits per heavy atom. The van der Waals surface area contributed by atoms with E-state index in [4.69, 9.17) is 28.3 Å². The molecule has 0 aromatic heterocycles. The highest BCUT2D eigenvalue weighted by Gasteiger charge is 2.49. The van der Waals surface area contributed by atoms with Gasteiger partial charge in [-0.3, -0.25) is 14.2 Å². The Morgan fingerprint density at radius 3 is 2.02 bits per heavy atom. The van der Waals surface area contributed by atoms with E-state index in [1.807, 2.05) is 45.4 Å². The number of allylic oxidation sites excluding steroid dienone is 3. The average Bonchev–Trinajstić information content (AvgIpc) is 3.79. The minimum atomic E-state index is -4.67. The maximum absolute atomic E-state index is 12.8. The van der Waals surface area contributed by atoms with Crippen molar-refractivity contribution in [1.82, 2.24) is 0 Å². The van der Waals surface area contributed by atoms with Gasteiger partial charge in [-0.05, 0) is 38.5 Å². The van der Waals surface area contributed by atoms with Crippen LogP contribution in [-0.2, 0) is 42.5 Å². The monoisotopic (exact) mass is 856 g/mol.